The molecule has 6 nitrogen and oxygen atoms in total. The summed E-state index contributed by atoms with van der Waals surface area (Å²) in [6.07, 6.45) is 8.30. The van der Waals surface area contributed by atoms with Crippen LogP contribution in [0.2, 0.25) is 0 Å². The quantitative estimate of drug-likeness (QED) is 0.403. The van der Waals surface area contributed by atoms with Crippen LogP contribution in [0.5, 0.6) is 0 Å². The van der Waals surface area contributed by atoms with Gasteiger partial charge in [-0.3, -0.25) is 14.3 Å². The normalized spacial score (nSPS) is 20.5. The van der Waals surface area contributed by atoms with E-state index in [4.69, 9.17) is 4.98 Å². The number of fused-ring (bicyclic) bond motifs is 1. The number of alkyl halides is 2. The van der Waals surface area contributed by atoms with Gasteiger partial charge in [0.15, 0.2) is 0 Å². The molecule has 3 aromatic rings. The van der Waals surface area contributed by atoms with E-state index in [1.807, 2.05) is 40.7 Å². The number of benzene rings is 1. The molecule has 1 saturated carbocycles. The number of piperidine rings is 1. The first-order chi connectivity index (χ1) is 17.8. The van der Waals surface area contributed by atoms with Crippen molar-refractivity contribution in [1.82, 2.24) is 19.4 Å². The standard InChI is InChI=1S/C29H37F2N5O/c1-20(23-11-9-22(10-12-23)18-35-16-6-15-29(30,31)19-35)33-28-32-17-25-13-14-26(37)36(27(25)34-28)21(2)24-7-4-3-5-8-24/h9-14,17,20-21,24H,3-8,15-16,18-19H2,1-2H3,(H,32,33,34)/t20-,21-/m0/s1. The molecule has 1 aromatic carbocycles. The third kappa shape index (κ3) is 6.00. The highest BCUT2D eigenvalue weighted by Crippen LogP contribution is 2.33. The summed E-state index contributed by atoms with van der Waals surface area (Å²) in [4.78, 5) is 24.0. The Morgan fingerprint density at radius 1 is 1.05 bits per heavy atom. The number of aromatic nitrogens is 3. The molecular weight excluding hydrogens is 472 g/mol. The Morgan fingerprint density at radius 3 is 2.54 bits per heavy atom. The van der Waals surface area contributed by atoms with Gasteiger partial charge in [0.1, 0.15) is 5.65 Å². The maximum Gasteiger partial charge on any atom is 0.260 e. The molecule has 1 aliphatic heterocycles. The molecule has 0 spiro atoms. The molecule has 3 heterocycles. The maximum atomic E-state index is 13.7. The number of pyridine rings is 1. The number of likely N-dealkylation sites (tertiary alicyclic amines) is 1. The monoisotopic (exact) mass is 509 g/mol. The molecule has 2 aromatic heterocycles. The molecule has 2 atom stereocenters. The summed E-state index contributed by atoms with van der Waals surface area (Å²) in [6.45, 7) is 5.25. The molecule has 0 unspecified atom stereocenters. The average Bonchev–Trinajstić information content (AvgIpc) is 2.88. The van der Waals surface area contributed by atoms with Crippen LogP contribution in [0.25, 0.3) is 11.0 Å². The summed E-state index contributed by atoms with van der Waals surface area (Å²) in [5.41, 5.74) is 2.73. The van der Waals surface area contributed by atoms with E-state index in [1.54, 1.807) is 18.3 Å². The summed E-state index contributed by atoms with van der Waals surface area (Å²) >= 11 is 0. The van der Waals surface area contributed by atoms with Crippen molar-refractivity contribution in [2.75, 3.05) is 18.4 Å². The minimum atomic E-state index is -2.59. The molecule has 1 aliphatic carbocycles. The third-order valence-corrected chi connectivity index (χ3v) is 8.11. The Labute approximate surface area is 217 Å². The van der Waals surface area contributed by atoms with Crippen LogP contribution in [0, 0.1) is 5.92 Å². The fraction of sp³-hybridized carbons (Fsp3) is 0.552. The van der Waals surface area contributed by atoms with Crippen molar-refractivity contribution in [2.24, 2.45) is 5.92 Å². The molecule has 1 saturated heterocycles. The zero-order valence-corrected chi connectivity index (χ0v) is 21.8. The number of nitrogens with zero attached hydrogens (tertiary/aromatic N) is 4. The van der Waals surface area contributed by atoms with E-state index in [9.17, 15) is 13.6 Å². The van der Waals surface area contributed by atoms with Crippen LogP contribution in [0.15, 0.2) is 47.4 Å². The number of hydrogen-bond acceptors (Lipinski definition) is 5. The van der Waals surface area contributed by atoms with Crippen molar-refractivity contribution in [1.29, 1.82) is 0 Å². The zero-order valence-electron chi connectivity index (χ0n) is 21.8. The Balaban J connectivity index is 1.30. The smallest absolute Gasteiger partial charge is 0.260 e. The Morgan fingerprint density at radius 2 is 1.81 bits per heavy atom. The first kappa shape index (κ1) is 25.8. The Kier molecular flexibility index (Phi) is 7.56. The lowest BCUT2D eigenvalue weighted by atomic mass is 9.84. The SMILES string of the molecule is C[C@H](Nc1ncc2ccc(=O)n([C@@H](C)C3CCCCC3)c2n1)c1ccc(CN2CCCC(F)(F)C2)cc1. The maximum absolute atomic E-state index is 13.7. The predicted molar refractivity (Wildman–Crippen MR) is 143 cm³/mol. The first-order valence-corrected chi connectivity index (χ1v) is 13.6. The molecule has 2 fully saturated rings. The molecule has 1 N–H and O–H groups in total. The Bertz CT molecular complexity index is 1270. The number of nitrogens with one attached hydrogen (secondary N) is 1. The fourth-order valence-electron chi connectivity index (χ4n) is 5.96. The van der Waals surface area contributed by atoms with Crippen LogP contribution in [0.3, 0.4) is 0 Å². The average molecular weight is 510 g/mol. The molecule has 198 valence electrons. The third-order valence-electron chi connectivity index (χ3n) is 8.11. The first-order valence-electron chi connectivity index (χ1n) is 13.6. The van der Waals surface area contributed by atoms with Gasteiger partial charge in [-0.25, -0.2) is 13.8 Å². The highest BCUT2D eigenvalue weighted by molar-refractivity contribution is 5.75. The van der Waals surface area contributed by atoms with Gasteiger partial charge >= 0.3 is 0 Å². The number of hydrogen-bond donors (Lipinski definition) is 1. The van der Waals surface area contributed by atoms with E-state index < -0.39 is 5.92 Å². The number of rotatable bonds is 7. The molecule has 2 aliphatic rings. The van der Waals surface area contributed by atoms with Crippen molar-refractivity contribution in [3.8, 4) is 0 Å². The van der Waals surface area contributed by atoms with Crippen LogP contribution in [-0.2, 0) is 6.54 Å². The van der Waals surface area contributed by atoms with E-state index in [0.717, 1.165) is 29.4 Å². The van der Waals surface area contributed by atoms with Gasteiger partial charge in [-0.05, 0) is 62.8 Å². The highest BCUT2D eigenvalue weighted by Gasteiger charge is 2.34. The molecule has 8 heteroatoms. The summed E-state index contributed by atoms with van der Waals surface area (Å²) in [7, 11) is 0. The lowest BCUT2D eigenvalue weighted by Crippen LogP contribution is -2.41. The van der Waals surface area contributed by atoms with E-state index >= 15 is 0 Å². The van der Waals surface area contributed by atoms with E-state index in [2.05, 4.69) is 17.2 Å². The summed E-state index contributed by atoms with van der Waals surface area (Å²) in [5, 5.41) is 4.23. The van der Waals surface area contributed by atoms with Crippen molar-refractivity contribution in [2.45, 2.75) is 83.3 Å². The van der Waals surface area contributed by atoms with E-state index in [-0.39, 0.29) is 30.6 Å². The second-order valence-electron chi connectivity index (χ2n) is 10.9. The number of halogens is 2. The van der Waals surface area contributed by atoms with Crippen molar-refractivity contribution >= 4 is 17.0 Å². The van der Waals surface area contributed by atoms with Crippen LogP contribution in [0.1, 0.15) is 82.0 Å². The van der Waals surface area contributed by atoms with Crippen molar-refractivity contribution < 1.29 is 8.78 Å². The van der Waals surface area contributed by atoms with Crippen LogP contribution < -0.4 is 10.9 Å². The molecule has 0 bridgehead atoms. The van der Waals surface area contributed by atoms with Crippen LogP contribution in [0.4, 0.5) is 14.7 Å². The van der Waals surface area contributed by atoms with Gasteiger partial charge < -0.3 is 5.32 Å². The summed E-state index contributed by atoms with van der Waals surface area (Å²) < 4.78 is 29.3. The van der Waals surface area contributed by atoms with Gasteiger partial charge in [-0.15, -0.1) is 0 Å². The van der Waals surface area contributed by atoms with Gasteiger partial charge in [0.05, 0.1) is 12.6 Å². The van der Waals surface area contributed by atoms with Crippen molar-refractivity contribution in [3.63, 3.8) is 0 Å². The van der Waals surface area contributed by atoms with Crippen LogP contribution >= 0.6 is 0 Å². The summed E-state index contributed by atoms with van der Waals surface area (Å²) in [5.74, 6) is -1.62. The largest absolute Gasteiger partial charge is 0.348 e. The molecule has 37 heavy (non-hydrogen) atoms. The van der Waals surface area contributed by atoms with Gasteiger partial charge in [0, 0.05) is 36.7 Å². The molecule has 0 radical (unpaired) electrons. The number of anilines is 1. The molecule has 0 amide bonds. The molecular formula is C29H37F2N5O. The second-order valence-corrected chi connectivity index (χ2v) is 10.9. The molecule has 5 rings (SSSR count). The van der Waals surface area contributed by atoms with Gasteiger partial charge in [-0.2, -0.15) is 4.98 Å². The van der Waals surface area contributed by atoms with E-state index in [0.29, 0.717) is 37.0 Å². The predicted octanol–water partition coefficient (Wildman–Crippen LogP) is 6.34. The van der Waals surface area contributed by atoms with Gasteiger partial charge in [0.2, 0.25) is 5.95 Å². The topological polar surface area (TPSA) is 63.1 Å². The van der Waals surface area contributed by atoms with Crippen LogP contribution in [-0.4, -0.2) is 38.4 Å². The summed E-state index contributed by atoms with van der Waals surface area (Å²) in [6, 6.07) is 11.5. The highest BCUT2D eigenvalue weighted by atomic mass is 19.3. The lowest BCUT2D eigenvalue weighted by molar-refractivity contribution is -0.0661. The van der Waals surface area contributed by atoms with Crippen molar-refractivity contribution in [3.05, 3.63) is 64.1 Å². The Hall–Kier alpha value is -2.87. The minimum Gasteiger partial charge on any atom is -0.348 e. The fourth-order valence-corrected chi connectivity index (χ4v) is 5.96. The van der Waals surface area contributed by atoms with Gasteiger partial charge in [-0.1, -0.05) is 43.5 Å². The van der Waals surface area contributed by atoms with Gasteiger partial charge in [0.25, 0.3) is 11.5 Å². The van der Waals surface area contributed by atoms with E-state index in [1.165, 1.54) is 19.3 Å². The zero-order chi connectivity index (χ0) is 26.0. The second kappa shape index (κ2) is 10.9. The lowest BCUT2D eigenvalue weighted by Gasteiger charge is -2.32. The minimum absolute atomic E-state index is 0.0158.